The summed E-state index contributed by atoms with van der Waals surface area (Å²) in [5.41, 5.74) is 1.70. The third-order valence-electron chi connectivity index (χ3n) is 4.34. The van der Waals surface area contributed by atoms with Gasteiger partial charge >= 0.3 is 0 Å². The highest BCUT2D eigenvalue weighted by molar-refractivity contribution is 5.60. The first kappa shape index (κ1) is 19.2. The molecule has 3 N–H and O–H groups in total. The predicted molar refractivity (Wildman–Crippen MR) is 105 cm³/mol. The van der Waals surface area contributed by atoms with E-state index in [9.17, 15) is 5.11 Å². The molecular weight excluding hydrogens is 346 g/mol. The first-order chi connectivity index (χ1) is 13.1. The van der Waals surface area contributed by atoms with Gasteiger partial charge in [0.05, 0.1) is 19.8 Å². The van der Waals surface area contributed by atoms with Crippen LogP contribution in [-0.2, 0) is 0 Å². The summed E-state index contributed by atoms with van der Waals surface area (Å²) in [4.78, 5) is 11.0. The van der Waals surface area contributed by atoms with Crippen molar-refractivity contribution >= 4 is 17.5 Å². The minimum absolute atomic E-state index is 0.166. The number of rotatable bonds is 9. The standard InChI is InChI=1S/C19H27N5O3/c1-13-9-18(20-2)23-19(21-13)22-14-5-6-16(26-3)17(10-14)27-8-4-7-24-11-15(25)12-24/h5-6,9-10,15,25H,4,7-8,11-12H2,1-3H3,(H2,20,21,22,23). The van der Waals surface area contributed by atoms with E-state index < -0.39 is 0 Å². The SMILES string of the molecule is CNc1cc(C)nc(Nc2ccc(OC)c(OCCCN3CC(O)C3)c2)n1. The number of likely N-dealkylation sites (tertiary alicyclic amines) is 1. The highest BCUT2D eigenvalue weighted by Gasteiger charge is 2.23. The minimum Gasteiger partial charge on any atom is -0.493 e. The Morgan fingerprint density at radius 1 is 1.22 bits per heavy atom. The summed E-state index contributed by atoms with van der Waals surface area (Å²) in [5.74, 6) is 2.63. The van der Waals surface area contributed by atoms with Crippen LogP contribution in [0.3, 0.4) is 0 Å². The maximum Gasteiger partial charge on any atom is 0.229 e. The van der Waals surface area contributed by atoms with Gasteiger partial charge in [0.2, 0.25) is 5.95 Å². The second-order valence-electron chi connectivity index (χ2n) is 6.57. The van der Waals surface area contributed by atoms with Crippen molar-refractivity contribution in [1.29, 1.82) is 0 Å². The summed E-state index contributed by atoms with van der Waals surface area (Å²) in [5, 5.41) is 15.5. The molecule has 2 aromatic rings. The molecule has 0 atom stereocenters. The highest BCUT2D eigenvalue weighted by Crippen LogP contribution is 2.31. The number of aryl methyl sites for hydroxylation is 1. The largest absolute Gasteiger partial charge is 0.493 e. The van der Waals surface area contributed by atoms with Crippen LogP contribution in [0.2, 0.25) is 0 Å². The summed E-state index contributed by atoms with van der Waals surface area (Å²) >= 11 is 0. The number of ether oxygens (including phenoxy) is 2. The fourth-order valence-corrected chi connectivity index (χ4v) is 2.94. The Morgan fingerprint density at radius 2 is 2.04 bits per heavy atom. The maximum absolute atomic E-state index is 9.31. The number of methoxy groups -OCH3 is 1. The van der Waals surface area contributed by atoms with Crippen molar-refractivity contribution in [3.63, 3.8) is 0 Å². The summed E-state index contributed by atoms with van der Waals surface area (Å²) in [6.45, 7) is 4.94. The van der Waals surface area contributed by atoms with Crippen LogP contribution in [0.1, 0.15) is 12.1 Å². The molecule has 0 radical (unpaired) electrons. The smallest absolute Gasteiger partial charge is 0.229 e. The fourth-order valence-electron chi connectivity index (χ4n) is 2.94. The van der Waals surface area contributed by atoms with Gasteiger partial charge in [0.15, 0.2) is 11.5 Å². The number of nitrogens with zero attached hydrogens (tertiary/aromatic N) is 3. The van der Waals surface area contributed by atoms with Gasteiger partial charge in [-0.1, -0.05) is 0 Å². The van der Waals surface area contributed by atoms with Gasteiger partial charge in [-0.2, -0.15) is 4.98 Å². The van der Waals surface area contributed by atoms with E-state index >= 15 is 0 Å². The van der Waals surface area contributed by atoms with Crippen molar-refractivity contribution in [2.24, 2.45) is 0 Å². The van der Waals surface area contributed by atoms with E-state index in [0.717, 1.165) is 43.3 Å². The zero-order chi connectivity index (χ0) is 19.2. The van der Waals surface area contributed by atoms with E-state index in [4.69, 9.17) is 9.47 Å². The molecule has 27 heavy (non-hydrogen) atoms. The normalized spacial score (nSPS) is 14.5. The van der Waals surface area contributed by atoms with Gasteiger partial charge in [0.25, 0.3) is 0 Å². The number of β-amino-alcohol motifs (C(OH)–C–C–N with tert-alkyl or cyclic N) is 1. The van der Waals surface area contributed by atoms with Crippen LogP contribution in [0.15, 0.2) is 24.3 Å². The molecule has 0 aliphatic carbocycles. The first-order valence-electron chi connectivity index (χ1n) is 9.09. The lowest BCUT2D eigenvalue weighted by molar-refractivity contribution is 0.0000179. The van der Waals surface area contributed by atoms with E-state index in [-0.39, 0.29) is 6.10 Å². The van der Waals surface area contributed by atoms with Crippen molar-refractivity contribution in [2.45, 2.75) is 19.4 Å². The summed E-state index contributed by atoms with van der Waals surface area (Å²) in [6, 6.07) is 7.53. The monoisotopic (exact) mass is 373 g/mol. The summed E-state index contributed by atoms with van der Waals surface area (Å²) in [6.07, 6.45) is 0.723. The van der Waals surface area contributed by atoms with Crippen molar-refractivity contribution in [1.82, 2.24) is 14.9 Å². The zero-order valence-corrected chi connectivity index (χ0v) is 16.0. The van der Waals surface area contributed by atoms with Crippen LogP contribution >= 0.6 is 0 Å². The number of aliphatic hydroxyl groups is 1. The van der Waals surface area contributed by atoms with Crippen LogP contribution in [-0.4, -0.2) is 66.5 Å². The molecule has 1 aliphatic rings. The number of nitrogens with one attached hydrogen (secondary N) is 2. The topological polar surface area (TPSA) is 91.8 Å². The highest BCUT2D eigenvalue weighted by atomic mass is 16.5. The molecule has 8 heteroatoms. The molecule has 1 saturated heterocycles. The molecule has 0 amide bonds. The number of hydrogen-bond acceptors (Lipinski definition) is 8. The lowest BCUT2D eigenvalue weighted by Gasteiger charge is -2.35. The number of anilines is 3. The van der Waals surface area contributed by atoms with Gasteiger partial charge < -0.3 is 25.2 Å². The first-order valence-corrected chi connectivity index (χ1v) is 9.09. The molecule has 0 unspecified atom stereocenters. The van der Waals surface area contributed by atoms with Crippen LogP contribution in [0.25, 0.3) is 0 Å². The predicted octanol–water partition coefficient (Wildman–Crippen LogP) is 2.02. The Morgan fingerprint density at radius 3 is 2.74 bits per heavy atom. The second kappa shape index (κ2) is 8.88. The quantitative estimate of drug-likeness (QED) is 0.575. The molecule has 0 bridgehead atoms. The molecule has 8 nitrogen and oxygen atoms in total. The van der Waals surface area contributed by atoms with E-state index in [1.807, 2.05) is 38.2 Å². The Balaban J connectivity index is 1.61. The molecule has 2 heterocycles. The van der Waals surface area contributed by atoms with E-state index in [1.54, 1.807) is 7.11 Å². The molecule has 1 aromatic heterocycles. The molecule has 0 saturated carbocycles. The van der Waals surface area contributed by atoms with Gasteiger partial charge in [0, 0.05) is 50.2 Å². The van der Waals surface area contributed by atoms with E-state index in [2.05, 4.69) is 25.5 Å². The van der Waals surface area contributed by atoms with Crippen molar-refractivity contribution in [2.75, 3.05) is 51.0 Å². The average Bonchev–Trinajstić information content (AvgIpc) is 2.63. The van der Waals surface area contributed by atoms with Crippen LogP contribution in [0.4, 0.5) is 17.5 Å². The lowest BCUT2D eigenvalue weighted by atomic mass is 10.1. The zero-order valence-electron chi connectivity index (χ0n) is 16.0. The summed E-state index contributed by atoms with van der Waals surface area (Å²) < 4.78 is 11.3. The minimum atomic E-state index is -0.166. The van der Waals surface area contributed by atoms with E-state index in [1.165, 1.54) is 0 Å². The van der Waals surface area contributed by atoms with Crippen LogP contribution in [0, 0.1) is 6.92 Å². The van der Waals surface area contributed by atoms with Gasteiger partial charge in [-0.05, 0) is 25.5 Å². The lowest BCUT2D eigenvalue weighted by Crippen LogP contribution is -2.50. The molecule has 0 spiro atoms. The number of hydrogen-bond donors (Lipinski definition) is 3. The van der Waals surface area contributed by atoms with Crippen molar-refractivity contribution in [3.8, 4) is 11.5 Å². The molecule has 1 aromatic carbocycles. The van der Waals surface area contributed by atoms with Crippen molar-refractivity contribution < 1.29 is 14.6 Å². The van der Waals surface area contributed by atoms with Crippen LogP contribution in [0.5, 0.6) is 11.5 Å². The van der Waals surface area contributed by atoms with Gasteiger partial charge in [-0.25, -0.2) is 4.98 Å². The van der Waals surface area contributed by atoms with Gasteiger partial charge in [0.1, 0.15) is 5.82 Å². The number of aliphatic hydroxyl groups excluding tert-OH is 1. The second-order valence-corrected chi connectivity index (χ2v) is 6.57. The number of benzene rings is 1. The fraction of sp³-hybridized carbons (Fsp3) is 0.474. The Kier molecular flexibility index (Phi) is 6.31. The Labute approximate surface area is 159 Å². The van der Waals surface area contributed by atoms with Gasteiger partial charge in [-0.3, -0.25) is 4.90 Å². The molecule has 3 rings (SSSR count). The number of aromatic nitrogens is 2. The Hall–Kier alpha value is -2.58. The summed E-state index contributed by atoms with van der Waals surface area (Å²) in [7, 11) is 3.45. The van der Waals surface area contributed by atoms with Crippen molar-refractivity contribution in [3.05, 3.63) is 30.0 Å². The maximum atomic E-state index is 9.31. The molecular formula is C19H27N5O3. The third-order valence-corrected chi connectivity index (χ3v) is 4.34. The Bertz CT molecular complexity index is 765. The third kappa shape index (κ3) is 5.21. The van der Waals surface area contributed by atoms with E-state index in [0.29, 0.717) is 24.1 Å². The van der Waals surface area contributed by atoms with Gasteiger partial charge in [-0.15, -0.1) is 0 Å². The molecule has 1 fully saturated rings. The average molecular weight is 373 g/mol. The van der Waals surface area contributed by atoms with Crippen LogP contribution < -0.4 is 20.1 Å². The molecule has 1 aliphatic heterocycles. The molecule has 146 valence electrons.